The van der Waals surface area contributed by atoms with E-state index in [4.69, 9.17) is 4.74 Å². The number of Topliss-reactive ketones (excluding diaryl/α,β-unsaturated/α-hetero) is 1. The van der Waals surface area contributed by atoms with E-state index in [1.165, 1.54) is 6.92 Å². The number of alkyl halides is 3. The first-order valence-corrected chi connectivity index (χ1v) is 6.71. The third kappa shape index (κ3) is 5.30. The molecule has 100 valence electrons. The Balaban J connectivity index is 2.59. The van der Waals surface area contributed by atoms with Gasteiger partial charge in [-0.05, 0) is 36.9 Å². The third-order valence-corrected chi connectivity index (χ3v) is 3.12. The summed E-state index contributed by atoms with van der Waals surface area (Å²) < 4.78 is 41.6. The number of hydrogen-bond acceptors (Lipinski definition) is 3. The minimum atomic E-state index is -4.26. The number of ether oxygens (including phenoxy) is 1. The van der Waals surface area contributed by atoms with Crippen molar-refractivity contribution in [2.45, 2.75) is 12.4 Å². The average Bonchev–Trinajstić information content (AvgIpc) is 2.24. The summed E-state index contributed by atoms with van der Waals surface area (Å²) in [6.45, 7) is 1.27. The summed E-state index contributed by atoms with van der Waals surface area (Å²) in [6.07, 6.45) is 0. The number of halogens is 4. The summed E-state index contributed by atoms with van der Waals surface area (Å²) in [5.74, 6) is -0.111. The van der Waals surface area contributed by atoms with Gasteiger partial charge in [0, 0.05) is 10.2 Å². The van der Waals surface area contributed by atoms with Gasteiger partial charge in [-0.15, -0.1) is 0 Å². The second-order valence-electron chi connectivity index (χ2n) is 3.34. The lowest BCUT2D eigenvalue weighted by atomic mass is 10.1. The molecule has 0 aromatic heterocycles. The highest BCUT2D eigenvalue weighted by atomic mass is 79.9. The van der Waals surface area contributed by atoms with Crippen LogP contribution in [0.15, 0.2) is 22.7 Å². The normalized spacial score (nSPS) is 11.4. The molecule has 0 radical (unpaired) electrons. The van der Waals surface area contributed by atoms with Gasteiger partial charge in [0.2, 0.25) is 0 Å². The van der Waals surface area contributed by atoms with Gasteiger partial charge < -0.3 is 4.74 Å². The minimum absolute atomic E-state index is 0.105. The molecule has 18 heavy (non-hydrogen) atoms. The number of carbonyl (C=O) groups is 1. The second kappa shape index (κ2) is 6.47. The summed E-state index contributed by atoms with van der Waals surface area (Å²) in [4.78, 5) is 11.3. The number of carbonyl (C=O) groups excluding carboxylic acids is 1. The van der Waals surface area contributed by atoms with Crippen molar-refractivity contribution in [2.75, 3.05) is 12.4 Å². The highest BCUT2D eigenvalue weighted by molar-refractivity contribution is 9.10. The molecular formula is C11H10BrF3O2S. The quantitative estimate of drug-likeness (QED) is 0.590. The molecule has 0 aliphatic heterocycles. The Hall–Kier alpha value is -0.690. The molecule has 0 saturated heterocycles. The van der Waals surface area contributed by atoms with Crippen molar-refractivity contribution in [3.8, 4) is 5.75 Å². The van der Waals surface area contributed by atoms with Crippen molar-refractivity contribution in [1.82, 2.24) is 0 Å². The Labute approximate surface area is 115 Å². The topological polar surface area (TPSA) is 26.3 Å². The van der Waals surface area contributed by atoms with E-state index in [0.717, 1.165) is 0 Å². The van der Waals surface area contributed by atoms with E-state index in [1.54, 1.807) is 18.2 Å². The van der Waals surface area contributed by atoms with Crippen LogP contribution in [0.3, 0.4) is 0 Å². The first-order valence-electron chi connectivity index (χ1n) is 4.93. The molecule has 0 atom stereocenters. The standard InChI is InChI=1S/C11H10BrF3O2S/c1-7(16)9-6-8(12)2-3-10(9)17-4-5-18-11(13,14)15/h2-3,6H,4-5H2,1H3. The lowest BCUT2D eigenvalue weighted by molar-refractivity contribution is -0.0329. The van der Waals surface area contributed by atoms with Crippen LogP contribution in [0.25, 0.3) is 0 Å². The largest absolute Gasteiger partial charge is 0.492 e. The molecule has 0 saturated carbocycles. The Morgan fingerprint density at radius 2 is 2.11 bits per heavy atom. The minimum Gasteiger partial charge on any atom is -0.492 e. The van der Waals surface area contributed by atoms with E-state index in [2.05, 4.69) is 15.9 Å². The van der Waals surface area contributed by atoms with Crippen molar-refractivity contribution >= 4 is 33.5 Å². The van der Waals surface area contributed by atoms with Crippen LogP contribution in [0.1, 0.15) is 17.3 Å². The van der Waals surface area contributed by atoms with Crippen LogP contribution in [0.2, 0.25) is 0 Å². The van der Waals surface area contributed by atoms with Crippen molar-refractivity contribution in [3.05, 3.63) is 28.2 Å². The van der Waals surface area contributed by atoms with Gasteiger partial charge in [0.25, 0.3) is 0 Å². The van der Waals surface area contributed by atoms with E-state index in [1.807, 2.05) is 0 Å². The fourth-order valence-corrected chi connectivity index (χ4v) is 1.97. The second-order valence-corrected chi connectivity index (χ2v) is 5.41. The van der Waals surface area contributed by atoms with Crippen molar-refractivity contribution in [1.29, 1.82) is 0 Å². The molecule has 0 spiro atoms. The fraction of sp³-hybridized carbons (Fsp3) is 0.364. The van der Waals surface area contributed by atoms with Gasteiger partial charge in [-0.2, -0.15) is 13.2 Å². The Morgan fingerprint density at radius 1 is 1.44 bits per heavy atom. The molecule has 0 unspecified atom stereocenters. The fourth-order valence-electron chi connectivity index (χ4n) is 1.21. The first kappa shape index (κ1) is 15.4. The van der Waals surface area contributed by atoms with Crippen LogP contribution >= 0.6 is 27.7 Å². The monoisotopic (exact) mass is 342 g/mol. The van der Waals surface area contributed by atoms with Gasteiger partial charge in [-0.25, -0.2) is 0 Å². The van der Waals surface area contributed by atoms with E-state index in [9.17, 15) is 18.0 Å². The first-order chi connectivity index (χ1) is 8.29. The molecule has 1 aromatic carbocycles. The number of ketones is 1. The predicted molar refractivity (Wildman–Crippen MR) is 68.2 cm³/mol. The van der Waals surface area contributed by atoms with Crippen molar-refractivity contribution in [2.24, 2.45) is 0 Å². The molecule has 2 nitrogen and oxygen atoms in total. The Morgan fingerprint density at radius 3 is 2.67 bits per heavy atom. The van der Waals surface area contributed by atoms with Crippen LogP contribution in [0.5, 0.6) is 5.75 Å². The highest BCUT2D eigenvalue weighted by Crippen LogP contribution is 2.30. The number of thioether (sulfide) groups is 1. The van der Waals surface area contributed by atoms with Crippen LogP contribution in [-0.4, -0.2) is 23.7 Å². The van der Waals surface area contributed by atoms with Gasteiger partial charge >= 0.3 is 5.51 Å². The lowest BCUT2D eigenvalue weighted by Gasteiger charge is -2.10. The van der Waals surface area contributed by atoms with E-state index in [-0.39, 0.29) is 29.9 Å². The third-order valence-electron chi connectivity index (χ3n) is 1.93. The molecule has 0 aliphatic rings. The van der Waals surface area contributed by atoms with Gasteiger partial charge in [0.1, 0.15) is 5.75 Å². The Kier molecular flexibility index (Phi) is 5.52. The van der Waals surface area contributed by atoms with Crippen LogP contribution in [0, 0.1) is 0 Å². The molecule has 0 N–H and O–H groups in total. The average molecular weight is 343 g/mol. The zero-order valence-electron chi connectivity index (χ0n) is 9.38. The molecule has 0 bridgehead atoms. The Bertz CT molecular complexity index is 435. The zero-order chi connectivity index (χ0) is 13.8. The lowest BCUT2D eigenvalue weighted by Crippen LogP contribution is -2.09. The van der Waals surface area contributed by atoms with Gasteiger partial charge in [-0.3, -0.25) is 4.79 Å². The maximum atomic E-state index is 11.9. The number of benzene rings is 1. The van der Waals surface area contributed by atoms with Gasteiger partial charge in [0.05, 0.1) is 12.2 Å². The molecular weight excluding hydrogens is 333 g/mol. The number of rotatable bonds is 5. The number of hydrogen-bond donors (Lipinski definition) is 0. The molecule has 1 aromatic rings. The summed E-state index contributed by atoms with van der Waals surface area (Å²) in [6, 6.07) is 4.80. The zero-order valence-corrected chi connectivity index (χ0v) is 11.8. The smallest absolute Gasteiger partial charge is 0.441 e. The summed E-state index contributed by atoms with van der Waals surface area (Å²) in [7, 11) is 0. The van der Waals surface area contributed by atoms with Crippen LogP contribution in [-0.2, 0) is 0 Å². The van der Waals surface area contributed by atoms with Gasteiger partial charge in [-0.1, -0.05) is 15.9 Å². The molecule has 0 amide bonds. The van der Waals surface area contributed by atoms with Crippen molar-refractivity contribution in [3.63, 3.8) is 0 Å². The summed E-state index contributed by atoms with van der Waals surface area (Å²) >= 11 is 3.06. The summed E-state index contributed by atoms with van der Waals surface area (Å²) in [5, 5.41) is 0. The maximum absolute atomic E-state index is 11.9. The summed E-state index contributed by atoms with van der Waals surface area (Å²) in [5.41, 5.74) is -3.91. The highest BCUT2D eigenvalue weighted by Gasteiger charge is 2.27. The molecule has 7 heteroatoms. The molecule has 1 rings (SSSR count). The molecule has 0 fully saturated rings. The van der Waals surface area contributed by atoms with E-state index >= 15 is 0 Å². The van der Waals surface area contributed by atoms with Crippen LogP contribution < -0.4 is 4.74 Å². The van der Waals surface area contributed by atoms with Crippen LogP contribution in [0.4, 0.5) is 13.2 Å². The molecule has 0 heterocycles. The maximum Gasteiger partial charge on any atom is 0.441 e. The van der Waals surface area contributed by atoms with E-state index in [0.29, 0.717) is 15.8 Å². The van der Waals surface area contributed by atoms with Gasteiger partial charge in [0.15, 0.2) is 5.78 Å². The predicted octanol–water partition coefficient (Wildman–Crippen LogP) is 4.28. The van der Waals surface area contributed by atoms with Crippen molar-refractivity contribution < 1.29 is 22.7 Å². The SMILES string of the molecule is CC(=O)c1cc(Br)ccc1OCCSC(F)(F)F. The van der Waals surface area contributed by atoms with E-state index < -0.39 is 5.51 Å². The molecule has 0 aliphatic carbocycles.